The van der Waals surface area contributed by atoms with Crippen LogP contribution in [0.3, 0.4) is 0 Å². The first kappa shape index (κ1) is 27.6. The number of aryl methyl sites for hydroxylation is 1. The molecular weight excluding hydrogens is 500 g/mol. The number of para-hydroxylation sites is 1. The molecule has 11 nitrogen and oxygen atoms in total. The summed E-state index contributed by atoms with van der Waals surface area (Å²) in [5, 5.41) is 16.1. The molecule has 0 bridgehead atoms. The molecule has 11 heteroatoms. The summed E-state index contributed by atoms with van der Waals surface area (Å²) >= 11 is 0. The van der Waals surface area contributed by atoms with E-state index in [4.69, 9.17) is 0 Å². The largest absolute Gasteiger partial charge is 0.349 e. The number of imide groups is 1. The van der Waals surface area contributed by atoms with Crippen molar-refractivity contribution >= 4 is 40.4 Å². The molecule has 1 aliphatic rings. The molecule has 1 aliphatic heterocycles. The van der Waals surface area contributed by atoms with Gasteiger partial charge in [0.25, 0.3) is 0 Å². The highest BCUT2D eigenvalue weighted by Gasteiger charge is 2.46. The molecule has 0 saturated carbocycles. The van der Waals surface area contributed by atoms with Crippen molar-refractivity contribution in [2.75, 3.05) is 0 Å². The average molecular weight is 533 g/mol. The second-order valence-corrected chi connectivity index (χ2v) is 10.1. The topological polar surface area (TPSA) is 152 Å². The van der Waals surface area contributed by atoms with Crippen LogP contribution in [0.2, 0.25) is 0 Å². The van der Waals surface area contributed by atoms with Gasteiger partial charge >= 0.3 is 0 Å². The molecule has 1 fully saturated rings. The number of benzene rings is 2. The number of rotatable bonds is 11. The third kappa shape index (κ3) is 6.36. The minimum Gasteiger partial charge on any atom is -0.349 e. The van der Waals surface area contributed by atoms with Gasteiger partial charge in [0, 0.05) is 6.42 Å². The summed E-state index contributed by atoms with van der Waals surface area (Å²) in [6.45, 7) is 5.34. The molecule has 0 spiro atoms. The number of fused-ring (bicyclic) bond motifs is 1. The molecule has 2 heterocycles. The number of ketones is 1. The summed E-state index contributed by atoms with van der Waals surface area (Å²) in [5.74, 6) is -4.67. The van der Waals surface area contributed by atoms with Gasteiger partial charge in [-0.15, -0.1) is 5.10 Å². The van der Waals surface area contributed by atoms with Crippen LogP contribution in [0.1, 0.15) is 45.2 Å². The maximum absolute atomic E-state index is 13.2. The van der Waals surface area contributed by atoms with Gasteiger partial charge in [-0.25, -0.2) is 4.68 Å². The summed E-state index contributed by atoms with van der Waals surface area (Å²) in [7, 11) is 0. The SMILES string of the molecule is CC(C)[C@@H](NC(=O)C[C@H](NC(=O)CCn1nnc2ccccc21)c1ccccc1)C(=O)[C@@H]1C(=O)NC(=O)[C@H]1C. The summed E-state index contributed by atoms with van der Waals surface area (Å²) in [6.07, 6.45) is -0.00201. The Balaban J connectivity index is 1.43. The molecule has 4 amide bonds. The summed E-state index contributed by atoms with van der Waals surface area (Å²) in [6, 6.07) is 14.9. The number of amides is 4. The molecular formula is C28H32N6O5. The number of hydrogen-bond acceptors (Lipinski definition) is 7. The zero-order valence-electron chi connectivity index (χ0n) is 22.1. The van der Waals surface area contributed by atoms with Gasteiger partial charge < -0.3 is 10.6 Å². The van der Waals surface area contributed by atoms with Crippen LogP contribution in [-0.2, 0) is 30.5 Å². The van der Waals surface area contributed by atoms with E-state index in [0.717, 1.165) is 16.6 Å². The van der Waals surface area contributed by atoms with E-state index in [0.29, 0.717) is 6.54 Å². The molecule has 4 atom stereocenters. The number of nitrogens with one attached hydrogen (secondary N) is 3. The smallest absolute Gasteiger partial charge is 0.238 e. The fourth-order valence-corrected chi connectivity index (χ4v) is 4.74. The number of carbonyl (C=O) groups is 5. The fraction of sp³-hybridized carbons (Fsp3) is 0.393. The lowest BCUT2D eigenvalue weighted by Gasteiger charge is -2.26. The van der Waals surface area contributed by atoms with E-state index in [2.05, 4.69) is 26.3 Å². The predicted molar refractivity (Wildman–Crippen MR) is 142 cm³/mol. The number of carbonyl (C=O) groups excluding carboxylic acids is 5. The molecule has 4 rings (SSSR count). The molecule has 2 aromatic carbocycles. The quantitative estimate of drug-likeness (QED) is 0.251. The zero-order valence-corrected chi connectivity index (χ0v) is 22.1. The maximum atomic E-state index is 13.2. The van der Waals surface area contributed by atoms with Gasteiger partial charge in [-0.2, -0.15) is 0 Å². The number of aromatic nitrogens is 3. The molecule has 3 N–H and O–H groups in total. The van der Waals surface area contributed by atoms with Crippen LogP contribution in [0.15, 0.2) is 54.6 Å². The molecule has 3 aromatic rings. The summed E-state index contributed by atoms with van der Waals surface area (Å²) in [5.41, 5.74) is 2.29. The highest BCUT2D eigenvalue weighted by atomic mass is 16.2. The number of hydrogen-bond donors (Lipinski definition) is 3. The van der Waals surface area contributed by atoms with Crippen LogP contribution in [0.25, 0.3) is 11.0 Å². The van der Waals surface area contributed by atoms with Crippen molar-refractivity contribution in [2.45, 2.75) is 52.2 Å². The molecule has 1 aromatic heterocycles. The highest BCUT2D eigenvalue weighted by molar-refractivity contribution is 6.16. The van der Waals surface area contributed by atoms with E-state index in [1.807, 2.05) is 54.6 Å². The van der Waals surface area contributed by atoms with Gasteiger partial charge in [-0.05, 0) is 23.6 Å². The van der Waals surface area contributed by atoms with Crippen molar-refractivity contribution in [2.24, 2.45) is 17.8 Å². The van der Waals surface area contributed by atoms with Crippen LogP contribution in [0, 0.1) is 17.8 Å². The van der Waals surface area contributed by atoms with Gasteiger partial charge in [-0.3, -0.25) is 29.3 Å². The predicted octanol–water partition coefficient (Wildman–Crippen LogP) is 1.69. The second-order valence-electron chi connectivity index (χ2n) is 10.1. The van der Waals surface area contributed by atoms with Crippen molar-refractivity contribution < 1.29 is 24.0 Å². The third-order valence-electron chi connectivity index (χ3n) is 6.94. The Labute approximate surface area is 225 Å². The first-order valence-corrected chi connectivity index (χ1v) is 13.0. The first-order chi connectivity index (χ1) is 18.7. The van der Waals surface area contributed by atoms with E-state index in [9.17, 15) is 24.0 Å². The Morgan fingerprint density at radius 1 is 0.949 bits per heavy atom. The molecule has 0 aliphatic carbocycles. The van der Waals surface area contributed by atoms with Gasteiger partial charge in [0.05, 0.1) is 36.5 Å². The van der Waals surface area contributed by atoms with Gasteiger partial charge in [0.15, 0.2) is 5.78 Å². The lowest BCUT2D eigenvalue weighted by molar-refractivity contribution is -0.137. The van der Waals surface area contributed by atoms with E-state index in [1.165, 1.54) is 6.92 Å². The first-order valence-electron chi connectivity index (χ1n) is 13.0. The molecule has 204 valence electrons. The molecule has 0 unspecified atom stereocenters. The normalized spacial score (nSPS) is 18.6. The third-order valence-corrected chi connectivity index (χ3v) is 6.94. The Bertz CT molecular complexity index is 1390. The Morgan fingerprint density at radius 3 is 2.31 bits per heavy atom. The molecule has 0 radical (unpaired) electrons. The van der Waals surface area contributed by atoms with Gasteiger partial charge in [-0.1, -0.05) is 68.4 Å². The van der Waals surface area contributed by atoms with E-state index in [1.54, 1.807) is 18.5 Å². The van der Waals surface area contributed by atoms with E-state index in [-0.39, 0.29) is 24.7 Å². The molecule has 39 heavy (non-hydrogen) atoms. The van der Waals surface area contributed by atoms with Crippen LogP contribution in [0.5, 0.6) is 0 Å². The Kier molecular flexibility index (Phi) is 8.48. The maximum Gasteiger partial charge on any atom is 0.238 e. The van der Waals surface area contributed by atoms with E-state index < -0.39 is 47.4 Å². The zero-order chi connectivity index (χ0) is 28.1. The van der Waals surface area contributed by atoms with Crippen molar-refractivity contribution in [3.8, 4) is 0 Å². The number of Topliss-reactive ketones (excluding diaryl/α,β-unsaturated/α-hetero) is 1. The van der Waals surface area contributed by atoms with Crippen LogP contribution >= 0.6 is 0 Å². The van der Waals surface area contributed by atoms with Gasteiger partial charge in [0.2, 0.25) is 23.6 Å². The Hall–Kier alpha value is -4.41. The summed E-state index contributed by atoms with van der Waals surface area (Å²) < 4.78 is 1.66. The minimum absolute atomic E-state index is 0.119. The Morgan fingerprint density at radius 2 is 1.64 bits per heavy atom. The monoisotopic (exact) mass is 532 g/mol. The van der Waals surface area contributed by atoms with Crippen molar-refractivity contribution in [1.29, 1.82) is 0 Å². The lowest BCUT2D eigenvalue weighted by atomic mass is 9.85. The van der Waals surface area contributed by atoms with E-state index >= 15 is 0 Å². The standard InChI is InChI=1S/C28H32N6O5/c1-16(2)25(26(37)24-17(3)27(38)31-28(24)39)30-23(36)15-20(18-9-5-4-6-10-18)29-22(35)13-14-34-21-12-8-7-11-19(21)32-33-34/h4-12,16-17,20,24-25H,13-15H2,1-3H3,(H,29,35)(H,30,36)(H,31,38,39)/t17-,20-,24+,25+/m0/s1. The lowest BCUT2D eigenvalue weighted by Crippen LogP contribution is -2.49. The van der Waals surface area contributed by atoms with Crippen molar-refractivity contribution in [3.63, 3.8) is 0 Å². The van der Waals surface area contributed by atoms with Crippen LogP contribution in [-0.4, -0.2) is 50.4 Å². The van der Waals surface area contributed by atoms with Crippen LogP contribution in [0.4, 0.5) is 0 Å². The second kappa shape index (κ2) is 12.0. The summed E-state index contributed by atoms with van der Waals surface area (Å²) in [4.78, 5) is 63.4. The number of nitrogens with zero attached hydrogens (tertiary/aromatic N) is 3. The van der Waals surface area contributed by atoms with Crippen LogP contribution < -0.4 is 16.0 Å². The average Bonchev–Trinajstić information content (AvgIpc) is 3.44. The van der Waals surface area contributed by atoms with Crippen molar-refractivity contribution in [1.82, 2.24) is 30.9 Å². The van der Waals surface area contributed by atoms with Gasteiger partial charge in [0.1, 0.15) is 11.4 Å². The molecule has 1 saturated heterocycles. The van der Waals surface area contributed by atoms with Crippen molar-refractivity contribution in [3.05, 3.63) is 60.2 Å². The minimum atomic E-state index is -1.15. The highest BCUT2D eigenvalue weighted by Crippen LogP contribution is 2.24. The fourth-order valence-electron chi connectivity index (χ4n) is 4.74.